The molecule has 2 fully saturated rings. The molecule has 134 valence electrons. The van der Waals surface area contributed by atoms with E-state index in [1.165, 1.54) is 12.8 Å². The fraction of sp³-hybridized carbons (Fsp3) is 0.882. The van der Waals surface area contributed by atoms with Gasteiger partial charge in [-0.05, 0) is 52.4 Å². The molecule has 2 aliphatic carbocycles. The summed E-state index contributed by atoms with van der Waals surface area (Å²) in [6.07, 6.45) is 7.95. The highest BCUT2D eigenvalue weighted by atomic mass is 35.5. The first kappa shape index (κ1) is 20.2. The maximum absolute atomic E-state index is 12.3. The summed E-state index contributed by atoms with van der Waals surface area (Å²) in [4.78, 5) is 24.4. The summed E-state index contributed by atoms with van der Waals surface area (Å²) in [6, 6.07) is 0.250. The molecule has 0 aromatic heterocycles. The molecule has 0 spiro atoms. The van der Waals surface area contributed by atoms with Crippen LogP contribution in [0.25, 0.3) is 0 Å². The predicted molar refractivity (Wildman–Crippen MR) is 94.4 cm³/mol. The van der Waals surface area contributed by atoms with Crippen LogP contribution in [0.2, 0.25) is 0 Å². The molecule has 0 heterocycles. The summed E-state index contributed by atoms with van der Waals surface area (Å²) in [5, 5.41) is 6.21. The van der Waals surface area contributed by atoms with E-state index in [-0.39, 0.29) is 47.6 Å². The Bertz CT molecular complexity index is 401. The van der Waals surface area contributed by atoms with E-state index in [2.05, 4.69) is 10.6 Å². The van der Waals surface area contributed by atoms with Gasteiger partial charge in [0.2, 0.25) is 11.8 Å². The number of carbonyl (C=O) groups is 2. The standard InChI is InChI=1S/C17H31N3O2.ClH/c1-17(2,11-18)20-16(22)13-7-9-14(10-8-13)19-15(21)12-5-3-4-6-12;/h12-14H,3-11,18H2,1-2H3,(H,19,21)(H,20,22);1H. The zero-order valence-corrected chi connectivity index (χ0v) is 15.2. The lowest BCUT2D eigenvalue weighted by Crippen LogP contribution is -2.51. The van der Waals surface area contributed by atoms with Gasteiger partial charge in [-0.15, -0.1) is 12.4 Å². The molecule has 0 unspecified atom stereocenters. The first-order chi connectivity index (χ1) is 10.4. The Labute approximate surface area is 145 Å². The largest absolute Gasteiger partial charge is 0.353 e. The minimum atomic E-state index is -0.343. The first-order valence-electron chi connectivity index (χ1n) is 8.74. The van der Waals surface area contributed by atoms with Gasteiger partial charge in [0, 0.05) is 30.0 Å². The van der Waals surface area contributed by atoms with Crippen LogP contribution >= 0.6 is 12.4 Å². The molecular weight excluding hydrogens is 314 g/mol. The molecule has 2 saturated carbocycles. The van der Waals surface area contributed by atoms with Crippen LogP contribution in [-0.4, -0.2) is 29.9 Å². The third kappa shape index (κ3) is 5.96. The van der Waals surface area contributed by atoms with Crippen LogP contribution in [0.15, 0.2) is 0 Å². The van der Waals surface area contributed by atoms with Gasteiger partial charge in [-0.1, -0.05) is 12.8 Å². The highest BCUT2D eigenvalue weighted by Gasteiger charge is 2.31. The number of carbonyl (C=O) groups excluding carboxylic acids is 2. The van der Waals surface area contributed by atoms with Crippen molar-refractivity contribution in [2.24, 2.45) is 17.6 Å². The zero-order valence-electron chi connectivity index (χ0n) is 14.4. The van der Waals surface area contributed by atoms with E-state index in [0.29, 0.717) is 6.54 Å². The maximum atomic E-state index is 12.3. The van der Waals surface area contributed by atoms with Crippen molar-refractivity contribution in [2.45, 2.75) is 76.8 Å². The Morgan fingerprint density at radius 1 is 0.957 bits per heavy atom. The van der Waals surface area contributed by atoms with Crippen LogP contribution in [0.4, 0.5) is 0 Å². The van der Waals surface area contributed by atoms with Crippen molar-refractivity contribution in [3.63, 3.8) is 0 Å². The van der Waals surface area contributed by atoms with E-state index < -0.39 is 0 Å². The summed E-state index contributed by atoms with van der Waals surface area (Å²) >= 11 is 0. The zero-order chi connectivity index (χ0) is 16.2. The number of hydrogen-bond donors (Lipinski definition) is 3. The fourth-order valence-electron chi connectivity index (χ4n) is 3.49. The minimum absolute atomic E-state index is 0. The Hall–Kier alpha value is -0.810. The average molecular weight is 346 g/mol. The van der Waals surface area contributed by atoms with Crippen molar-refractivity contribution < 1.29 is 9.59 Å². The van der Waals surface area contributed by atoms with Gasteiger partial charge in [0.05, 0.1) is 0 Å². The van der Waals surface area contributed by atoms with Crippen molar-refractivity contribution >= 4 is 24.2 Å². The normalized spacial score (nSPS) is 25.5. The topological polar surface area (TPSA) is 84.2 Å². The molecule has 23 heavy (non-hydrogen) atoms. The van der Waals surface area contributed by atoms with E-state index in [4.69, 9.17) is 5.73 Å². The molecule has 0 aromatic carbocycles. The molecule has 0 atom stereocenters. The predicted octanol–water partition coefficient (Wildman–Crippen LogP) is 2.13. The van der Waals surface area contributed by atoms with Crippen molar-refractivity contribution in [3.05, 3.63) is 0 Å². The number of rotatable bonds is 5. The number of nitrogens with one attached hydrogen (secondary N) is 2. The van der Waals surface area contributed by atoms with Crippen LogP contribution in [0.5, 0.6) is 0 Å². The van der Waals surface area contributed by atoms with Crippen molar-refractivity contribution in [2.75, 3.05) is 6.54 Å². The van der Waals surface area contributed by atoms with Crippen LogP contribution < -0.4 is 16.4 Å². The quantitative estimate of drug-likeness (QED) is 0.713. The van der Waals surface area contributed by atoms with E-state index in [0.717, 1.165) is 38.5 Å². The lowest BCUT2D eigenvalue weighted by Gasteiger charge is -2.32. The van der Waals surface area contributed by atoms with Gasteiger partial charge < -0.3 is 16.4 Å². The molecule has 0 radical (unpaired) electrons. The molecule has 0 saturated heterocycles. The molecule has 5 nitrogen and oxygen atoms in total. The van der Waals surface area contributed by atoms with E-state index in [9.17, 15) is 9.59 Å². The second-order valence-electron chi connectivity index (χ2n) is 7.62. The molecule has 2 aliphatic rings. The molecule has 0 aromatic rings. The fourth-order valence-corrected chi connectivity index (χ4v) is 3.49. The number of amides is 2. The Morgan fingerprint density at radius 3 is 2.00 bits per heavy atom. The molecule has 2 rings (SSSR count). The molecular formula is C17H32ClN3O2. The average Bonchev–Trinajstić information content (AvgIpc) is 3.02. The minimum Gasteiger partial charge on any atom is -0.353 e. The Kier molecular flexibility index (Phi) is 7.81. The van der Waals surface area contributed by atoms with Crippen LogP contribution in [0.1, 0.15) is 65.2 Å². The number of nitrogens with two attached hydrogens (primary N) is 1. The third-order valence-corrected chi connectivity index (χ3v) is 5.14. The third-order valence-electron chi connectivity index (χ3n) is 5.14. The van der Waals surface area contributed by atoms with Crippen LogP contribution in [0, 0.1) is 11.8 Å². The summed E-state index contributed by atoms with van der Waals surface area (Å²) < 4.78 is 0. The van der Waals surface area contributed by atoms with E-state index in [1.807, 2.05) is 13.8 Å². The number of halogens is 1. The lowest BCUT2D eigenvalue weighted by atomic mass is 9.84. The van der Waals surface area contributed by atoms with Crippen molar-refractivity contribution in [1.29, 1.82) is 0 Å². The monoisotopic (exact) mass is 345 g/mol. The van der Waals surface area contributed by atoms with E-state index in [1.54, 1.807) is 0 Å². The number of hydrogen-bond acceptors (Lipinski definition) is 3. The van der Waals surface area contributed by atoms with Gasteiger partial charge in [0.15, 0.2) is 0 Å². The SMILES string of the molecule is CC(C)(CN)NC(=O)C1CCC(NC(=O)C2CCCC2)CC1.Cl. The molecule has 2 amide bonds. The Balaban J connectivity index is 0.00000264. The van der Waals surface area contributed by atoms with Gasteiger partial charge in [0.1, 0.15) is 0 Å². The molecule has 6 heteroatoms. The smallest absolute Gasteiger partial charge is 0.223 e. The first-order valence-corrected chi connectivity index (χ1v) is 8.74. The molecule has 0 aliphatic heterocycles. The van der Waals surface area contributed by atoms with Gasteiger partial charge in [0.25, 0.3) is 0 Å². The van der Waals surface area contributed by atoms with Crippen LogP contribution in [0.3, 0.4) is 0 Å². The van der Waals surface area contributed by atoms with Gasteiger partial charge in [-0.2, -0.15) is 0 Å². The summed E-state index contributed by atoms with van der Waals surface area (Å²) in [6.45, 7) is 4.32. The van der Waals surface area contributed by atoms with Gasteiger partial charge >= 0.3 is 0 Å². The highest BCUT2D eigenvalue weighted by Crippen LogP contribution is 2.28. The van der Waals surface area contributed by atoms with Crippen molar-refractivity contribution in [1.82, 2.24) is 10.6 Å². The maximum Gasteiger partial charge on any atom is 0.223 e. The second kappa shape index (κ2) is 8.88. The van der Waals surface area contributed by atoms with Crippen LogP contribution in [-0.2, 0) is 9.59 Å². The lowest BCUT2D eigenvalue weighted by molar-refractivity contribution is -0.128. The van der Waals surface area contributed by atoms with E-state index >= 15 is 0 Å². The summed E-state index contributed by atoms with van der Waals surface area (Å²) in [5.74, 6) is 0.627. The molecule has 0 bridgehead atoms. The second-order valence-corrected chi connectivity index (χ2v) is 7.62. The molecule has 4 N–H and O–H groups in total. The highest BCUT2D eigenvalue weighted by molar-refractivity contribution is 5.85. The van der Waals surface area contributed by atoms with Gasteiger partial charge in [-0.25, -0.2) is 0 Å². The van der Waals surface area contributed by atoms with Gasteiger partial charge in [-0.3, -0.25) is 9.59 Å². The summed E-state index contributed by atoms with van der Waals surface area (Å²) in [7, 11) is 0. The summed E-state index contributed by atoms with van der Waals surface area (Å²) in [5.41, 5.74) is 5.32. The Morgan fingerprint density at radius 2 is 1.48 bits per heavy atom. The van der Waals surface area contributed by atoms with Crippen molar-refractivity contribution in [3.8, 4) is 0 Å².